The van der Waals surface area contributed by atoms with Gasteiger partial charge in [0.1, 0.15) is 0 Å². The highest BCUT2D eigenvalue weighted by Crippen LogP contribution is 2.50. The van der Waals surface area contributed by atoms with Gasteiger partial charge in [0, 0.05) is 0 Å². The third-order valence-electron chi connectivity index (χ3n) is 2.60. The van der Waals surface area contributed by atoms with Gasteiger partial charge in [0.2, 0.25) is 0 Å². The Hall–Kier alpha value is 0.350. The molecule has 0 nitrogen and oxygen atoms in total. The van der Waals surface area contributed by atoms with Gasteiger partial charge in [0.15, 0.2) is 0 Å². The van der Waals surface area contributed by atoms with Crippen LogP contribution in [0.4, 0.5) is 0 Å². The summed E-state index contributed by atoms with van der Waals surface area (Å²) < 4.78 is 0. The molecule has 46 valence electrons. The fourth-order valence-corrected chi connectivity index (χ4v) is 3.31. The Morgan fingerprint density at radius 3 is 2.25 bits per heavy atom. The van der Waals surface area contributed by atoms with Crippen LogP contribution in [0.2, 0.25) is 0 Å². The first-order chi connectivity index (χ1) is 3.91. The van der Waals surface area contributed by atoms with E-state index in [0.717, 1.165) is 5.41 Å². The molecule has 2 rings (SSSR count). The minimum Gasteiger partial charge on any atom is -0.161 e. The molecule has 0 atom stereocenters. The second-order valence-electron chi connectivity index (χ2n) is 3.16. The maximum Gasteiger partial charge on any atom is -0.00105 e. The minimum absolute atomic E-state index is 0.880. The first-order valence-corrected chi connectivity index (χ1v) is 4.65. The van der Waals surface area contributed by atoms with Gasteiger partial charge in [0.25, 0.3) is 0 Å². The van der Waals surface area contributed by atoms with Crippen LogP contribution in [-0.2, 0) is 0 Å². The van der Waals surface area contributed by atoms with Crippen LogP contribution in [0.15, 0.2) is 0 Å². The average molecular weight is 128 g/mol. The second kappa shape index (κ2) is 1.66. The van der Waals surface area contributed by atoms with Crippen LogP contribution in [-0.4, -0.2) is 11.5 Å². The number of rotatable bonds is 0. The van der Waals surface area contributed by atoms with Gasteiger partial charge >= 0.3 is 0 Å². The molecule has 1 heteroatoms. The molecule has 0 N–H and O–H groups in total. The van der Waals surface area contributed by atoms with Crippen LogP contribution in [0.3, 0.4) is 0 Å². The van der Waals surface area contributed by atoms with E-state index in [2.05, 4.69) is 11.8 Å². The van der Waals surface area contributed by atoms with E-state index < -0.39 is 0 Å². The summed E-state index contributed by atoms with van der Waals surface area (Å²) in [6, 6.07) is 0. The van der Waals surface area contributed by atoms with Crippen LogP contribution >= 0.6 is 11.8 Å². The standard InChI is InChI=1S/C7H12S/c1-2-7(3-1)4-5-8-6-7/h1-6H2. The largest absolute Gasteiger partial charge is 0.161 e. The highest BCUT2D eigenvalue weighted by Gasteiger charge is 2.39. The van der Waals surface area contributed by atoms with Gasteiger partial charge in [-0.15, -0.1) is 0 Å². The predicted octanol–water partition coefficient (Wildman–Crippen LogP) is 2.29. The predicted molar refractivity (Wildman–Crippen MR) is 38.2 cm³/mol. The minimum atomic E-state index is 0.880. The molecule has 0 aromatic heterocycles. The monoisotopic (exact) mass is 128 g/mol. The molecule has 0 aromatic rings. The van der Waals surface area contributed by atoms with E-state index in [4.69, 9.17) is 0 Å². The molecule has 0 amide bonds. The summed E-state index contributed by atoms with van der Waals surface area (Å²) in [4.78, 5) is 0. The molecule has 1 saturated heterocycles. The van der Waals surface area contributed by atoms with Crippen molar-refractivity contribution in [1.82, 2.24) is 0 Å². The van der Waals surface area contributed by atoms with E-state index in [9.17, 15) is 0 Å². The van der Waals surface area contributed by atoms with Gasteiger partial charge in [-0.05, 0) is 36.2 Å². The first kappa shape index (κ1) is 5.16. The molecule has 1 aliphatic carbocycles. The van der Waals surface area contributed by atoms with Crippen LogP contribution in [0.5, 0.6) is 0 Å². The third-order valence-corrected chi connectivity index (χ3v) is 3.91. The highest BCUT2D eigenvalue weighted by atomic mass is 32.2. The summed E-state index contributed by atoms with van der Waals surface area (Å²) in [5.41, 5.74) is 0.880. The summed E-state index contributed by atoms with van der Waals surface area (Å²) in [7, 11) is 0. The molecule has 1 spiro atoms. The Morgan fingerprint density at radius 2 is 2.00 bits per heavy atom. The molecule has 1 aliphatic heterocycles. The molecule has 2 aliphatic rings. The van der Waals surface area contributed by atoms with Crippen LogP contribution in [0.1, 0.15) is 25.7 Å². The molecule has 0 bridgehead atoms. The van der Waals surface area contributed by atoms with E-state index in [1.807, 2.05) is 0 Å². The van der Waals surface area contributed by atoms with Crippen molar-refractivity contribution in [3.8, 4) is 0 Å². The number of hydrogen-bond donors (Lipinski definition) is 0. The lowest BCUT2D eigenvalue weighted by Crippen LogP contribution is -2.28. The average Bonchev–Trinajstić information content (AvgIpc) is 2.07. The first-order valence-electron chi connectivity index (χ1n) is 3.49. The van der Waals surface area contributed by atoms with E-state index in [1.54, 1.807) is 12.8 Å². The van der Waals surface area contributed by atoms with E-state index in [-0.39, 0.29) is 0 Å². The molecule has 0 radical (unpaired) electrons. The van der Waals surface area contributed by atoms with Gasteiger partial charge in [0.05, 0.1) is 0 Å². The molecular weight excluding hydrogens is 116 g/mol. The molecule has 0 aromatic carbocycles. The Bertz CT molecular complexity index is 86.6. The van der Waals surface area contributed by atoms with Gasteiger partial charge in [-0.1, -0.05) is 6.42 Å². The van der Waals surface area contributed by atoms with Crippen molar-refractivity contribution in [2.75, 3.05) is 11.5 Å². The fraction of sp³-hybridized carbons (Fsp3) is 1.00. The Balaban J connectivity index is 2.01. The molecule has 8 heavy (non-hydrogen) atoms. The van der Waals surface area contributed by atoms with Crippen molar-refractivity contribution < 1.29 is 0 Å². The molecule has 1 saturated carbocycles. The normalized spacial score (nSPS) is 33.0. The summed E-state index contributed by atoms with van der Waals surface area (Å²) in [6.07, 6.45) is 6.12. The van der Waals surface area contributed by atoms with Gasteiger partial charge in [-0.2, -0.15) is 11.8 Å². The SMILES string of the molecule is C1CC2(C1)CCSC2. The summed E-state index contributed by atoms with van der Waals surface area (Å²) in [6.45, 7) is 0. The van der Waals surface area contributed by atoms with Crippen molar-refractivity contribution in [3.63, 3.8) is 0 Å². The summed E-state index contributed by atoms with van der Waals surface area (Å²) in [5.74, 6) is 2.92. The zero-order valence-electron chi connectivity index (χ0n) is 5.15. The Morgan fingerprint density at radius 1 is 1.12 bits per heavy atom. The van der Waals surface area contributed by atoms with Gasteiger partial charge in [-0.25, -0.2) is 0 Å². The topological polar surface area (TPSA) is 0 Å². The molecular formula is C7H12S. The van der Waals surface area contributed by atoms with Gasteiger partial charge in [-0.3, -0.25) is 0 Å². The van der Waals surface area contributed by atoms with Crippen LogP contribution < -0.4 is 0 Å². The highest BCUT2D eigenvalue weighted by molar-refractivity contribution is 7.99. The van der Waals surface area contributed by atoms with E-state index in [1.165, 1.54) is 24.3 Å². The Labute approximate surface area is 55.0 Å². The van der Waals surface area contributed by atoms with Gasteiger partial charge < -0.3 is 0 Å². The molecule has 1 heterocycles. The van der Waals surface area contributed by atoms with Crippen molar-refractivity contribution in [2.45, 2.75) is 25.7 Å². The van der Waals surface area contributed by atoms with Crippen LogP contribution in [0.25, 0.3) is 0 Å². The zero-order valence-corrected chi connectivity index (χ0v) is 5.97. The number of thioether (sulfide) groups is 1. The second-order valence-corrected chi connectivity index (χ2v) is 4.26. The molecule has 2 fully saturated rings. The van der Waals surface area contributed by atoms with Crippen molar-refractivity contribution in [2.24, 2.45) is 5.41 Å². The van der Waals surface area contributed by atoms with Crippen LogP contribution in [0, 0.1) is 5.41 Å². The summed E-state index contributed by atoms with van der Waals surface area (Å²) in [5, 5.41) is 0. The lowest BCUT2D eigenvalue weighted by Gasteiger charge is -2.37. The maximum absolute atomic E-state index is 2.16. The van der Waals surface area contributed by atoms with E-state index in [0.29, 0.717) is 0 Å². The Kier molecular flexibility index (Phi) is 1.07. The fourth-order valence-electron chi connectivity index (χ4n) is 1.72. The lowest BCUT2D eigenvalue weighted by molar-refractivity contribution is 0.172. The quantitative estimate of drug-likeness (QED) is 0.482. The molecule has 0 unspecified atom stereocenters. The summed E-state index contributed by atoms with van der Waals surface area (Å²) >= 11 is 2.16. The third kappa shape index (κ3) is 0.604. The van der Waals surface area contributed by atoms with E-state index >= 15 is 0 Å². The maximum atomic E-state index is 2.16. The zero-order chi connectivity index (χ0) is 5.45. The number of hydrogen-bond acceptors (Lipinski definition) is 1. The van der Waals surface area contributed by atoms with Crippen molar-refractivity contribution >= 4 is 11.8 Å². The van der Waals surface area contributed by atoms with Crippen molar-refractivity contribution in [1.29, 1.82) is 0 Å². The van der Waals surface area contributed by atoms with Crippen molar-refractivity contribution in [3.05, 3.63) is 0 Å². The lowest BCUT2D eigenvalue weighted by atomic mass is 9.69. The smallest absolute Gasteiger partial charge is 0.00105 e.